The van der Waals surface area contributed by atoms with Gasteiger partial charge in [-0.3, -0.25) is 10.1 Å². The van der Waals surface area contributed by atoms with E-state index >= 15 is 0 Å². The molecule has 0 aliphatic heterocycles. The average Bonchev–Trinajstić information content (AvgIpc) is 2.26. The Hall–Kier alpha value is -1.91. The molecule has 0 aromatic heterocycles. The molecule has 5 nitrogen and oxygen atoms in total. The van der Waals surface area contributed by atoms with Crippen LogP contribution in [0.5, 0.6) is 0 Å². The number of hydrogen-bond donors (Lipinski definition) is 0. The van der Waals surface area contributed by atoms with Crippen LogP contribution in [0.3, 0.4) is 0 Å². The minimum Gasteiger partial charge on any atom is -0.456 e. The molecular weight excluding hydrogens is 198 g/mol. The first-order chi connectivity index (χ1) is 7.11. The first-order valence-electron chi connectivity index (χ1n) is 4.45. The maximum absolute atomic E-state index is 11.1. The van der Waals surface area contributed by atoms with Crippen LogP contribution in [0.4, 0.5) is 0 Å². The molecule has 0 aliphatic carbocycles. The van der Waals surface area contributed by atoms with E-state index in [-0.39, 0.29) is 6.61 Å². The summed E-state index contributed by atoms with van der Waals surface area (Å²) in [7, 11) is 0. The number of hydrogen-bond acceptors (Lipinski definition) is 4. The molecule has 0 saturated carbocycles. The highest BCUT2D eigenvalue weighted by Crippen LogP contribution is 2.02. The minimum atomic E-state index is -1.31. The molecule has 0 radical (unpaired) electrons. The van der Waals surface area contributed by atoms with Crippen LogP contribution in [0, 0.1) is 10.1 Å². The highest BCUT2D eigenvalue weighted by atomic mass is 16.6. The average molecular weight is 209 g/mol. The molecule has 1 rings (SSSR count). The molecule has 1 unspecified atom stereocenters. The second-order valence-corrected chi connectivity index (χ2v) is 3.05. The molecule has 1 atom stereocenters. The highest BCUT2D eigenvalue weighted by molar-refractivity contribution is 5.73. The third kappa shape index (κ3) is 3.38. The summed E-state index contributed by atoms with van der Waals surface area (Å²) in [6.07, 6.45) is 0. The Bertz CT molecular complexity index is 350. The molecule has 0 N–H and O–H groups in total. The largest absolute Gasteiger partial charge is 0.456 e. The zero-order valence-electron chi connectivity index (χ0n) is 8.25. The van der Waals surface area contributed by atoms with Crippen molar-refractivity contribution < 1.29 is 14.5 Å². The maximum atomic E-state index is 11.1. The van der Waals surface area contributed by atoms with Gasteiger partial charge in [-0.1, -0.05) is 30.3 Å². The van der Waals surface area contributed by atoms with Crippen LogP contribution in [-0.4, -0.2) is 16.9 Å². The zero-order valence-corrected chi connectivity index (χ0v) is 8.25. The fourth-order valence-corrected chi connectivity index (χ4v) is 0.935. The molecule has 0 aliphatic rings. The van der Waals surface area contributed by atoms with Gasteiger partial charge in [-0.15, -0.1) is 0 Å². The lowest BCUT2D eigenvalue weighted by atomic mass is 10.2. The van der Waals surface area contributed by atoms with E-state index in [2.05, 4.69) is 0 Å². The number of carbonyl (C=O) groups excluding carboxylic acids is 1. The Kier molecular flexibility index (Phi) is 3.79. The van der Waals surface area contributed by atoms with Crippen LogP contribution < -0.4 is 0 Å². The van der Waals surface area contributed by atoms with Crippen molar-refractivity contribution >= 4 is 5.97 Å². The second kappa shape index (κ2) is 5.09. The molecule has 5 heteroatoms. The smallest absolute Gasteiger partial charge is 0.381 e. The SMILES string of the molecule is CC(C(=O)OCc1ccccc1)[N+](=O)[O-]. The van der Waals surface area contributed by atoms with Gasteiger partial charge in [-0.05, 0) is 5.56 Å². The number of benzene rings is 1. The van der Waals surface area contributed by atoms with Crippen molar-refractivity contribution in [2.75, 3.05) is 0 Å². The Labute approximate surface area is 86.8 Å². The normalized spacial score (nSPS) is 11.8. The topological polar surface area (TPSA) is 69.4 Å². The standard InChI is InChI=1S/C10H11NO4/c1-8(11(13)14)10(12)15-7-9-5-3-2-4-6-9/h2-6,8H,7H2,1H3. The summed E-state index contributed by atoms with van der Waals surface area (Å²) in [6, 6.07) is 7.70. The van der Waals surface area contributed by atoms with Crippen molar-refractivity contribution in [1.82, 2.24) is 0 Å². The summed E-state index contributed by atoms with van der Waals surface area (Å²) < 4.78 is 4.77. The summed E-state index contributed by atoms with van der Waals surface area (Å²) in [5.74, 6) is -0.816. The molecule has 1 aromatic carbocycles. The first-order valence-corrected chi connectivity index (χ1v) is 4.45. The number of rotatable bonds is 4. The van der Waals surface area contributed by atoms with Crippen molar-refractivity contribution in [1.29, 1.82) is 0 Å². The van der Waals surface area contributed by atoms with E-state index in [0.717, 1.165) is 5.56 Å². The van der Waals surface area contributed by atoms with E-state index in [1.54, 1.807) is 24.3 Å². The molecule has 1 aromatic rings. The van der Waals surface area contributed by atoms with Crippen molar-refractivity contribution in [2.45, 2.75) is 19.6 Å². The molecule has 15 heavy (non-hydrogen) atoms. The van der Waals surface area contributed by atoms with Gasteiger partial charge in [0.15, 0.2) is 0 Å². The van der Waals surface area contributed by atoms with Gasteiger partial charge in [0.1, 0.15) is 6.61 Å². The maximum Gasteiger partial charge on any atom is 0.381 e. The highest BCUT2D eigenvalue weighted by Gasteiger charge is 2.24. The monoisotopic (exact) mass is 209 g/mol. The summed E-state index contributed by atoms with van der Waals surface area (Å²) in [5.41, 5.74) is 0.807. The molecule has 0 heterocycles. The van der Waals surface area contributed by atoms with Crippen molar-refractivity contribution in [3.8, 4) is 0 Å². The number of nitro groups is 1. The predicted molar refractivity (Wildman–Crippen MR) is 52.7 cm³/mol. The second-order valence-electron chi connectivity index (χ2n) is 3.05. The van der Waals surface area contributed by atoms with E-state index in [0.29, 0.717) is 0 Å². The summed E-state index contributed by atoms with van der Waals surface area (Å²) in [6.45, 7) is 1.27. The van der Waals surface area contributed by atoms with Crippen LogP contribution in [0.1, 0.15) is 12.5 Å². The lowest BCUT2D eigenvalue weighted by molar-refractivity contribution is -0.506. The summed E-state index contributed by atoms with van der Waals surface area (Å²) in [4.78, 5) is 20.7. The molecule has 0 bridgehead atoms. The predicted octanol–water partition coefficient (Wildman–Crippen LogP) is 1.40. The third-order valence-corrected chi connectivity index (χ3v) is 1.88. The molecule has 0 fully saturated rings. The van der Waals surface area contributed by atoms with Crippen molar-refractivity contribution in [3.63, 3.8) is 0 Å². The van der Waals surface area contributed by atoms with Gasteiger partial charge in [-0.25, -0.2) is 4.79 Å². The number of ether oxygens (including phenoxy) is 1. The fraction of sp³-hybridized carbons (Fsp3) is 0.300. The molecule has 0 spiro atoms. The lowest BCUT2D eigenvalue weighted by Gasteiger charge is -2.05. The molecule has 80 valence electrons. The van der Waals surface area contributed by atoms with Crippen LogP contribution in [0.15, 0.2) is 30.3 Å². The van der Waals surface area contributed by atoms with E-state index in [1.807, 2.05) is 6.07 Å². The van der Waals surface area contributed by atoms with E-state index in [9.17, 15) is 14.9 Å². The van der Waals surface area contributed by atoms with Gasteiger partial charge in [0, 0.05) is 11.8 Å². The Morgan fingerprint density at radius 2 is 2.07 bits per heavy atom. The van der Waals surface area contributed by atoms with E-state index < -0.39 is 16.9 Å². The van der Waals surface area contributed by atoms with E-state index in [1.165, 1.54) is 6.92 Å². The Balaban J connectivity index is 2.44. The van der Waals surface area contributed by atoms with Crippen LogP contribution >= 0.6 is 0 Å². The van der Waals surface area contributed by atoms with Crippen LogP contribution in [0.25, 0.3) is 0 Å². The Morgan fingerprint density at radius 3 is 2.60 bits per heavy atom. The van der Waals surface area contributed by atoms with Gasteiger partial charge in [0.25, 0.3) is 0 Å². The zero-order chi connectivity index (χ0) is 11.3. The quantitative estimate of drug-likeness (QED) is 0.427. The Morgan fingerprint density at radius 1 is 1.47 bits per heavy atom. The fourth-order valence-electron chi connectivity index (χ4n) is 0.935. The van der Waals surface area contributed by atoms with Crippen molar-refractivity contribution in [2.24, 2.45) is 0 Å². The van der Waals surface area contributed by atoms with Gasteiger partial charge in [-0.2, -0.15) is 0 Å². The number of carbonyl (C=O) groups is 1. The van der Waals surface area contributed by atoms with Gasteiger partial charge >= 0.3 is 12.0 Å². The van der Waals surface area contributed by atoms with Gasteiger partial charge in [0.2, 0.25) is 0 Å². The lowest BCUT2D eigenvalue weighted by Crippen LogP contribution is -2.27. The minimum absolute atomic E-state index is 0.0673. The molecular formula is C10H11NO4. The number of nitrogens with zero attached hydrogens (tertiary/aromatic N) is 1. The molecule has 0 saturated heterocycles. The molecule has 0 amide bonds. The third-order valence-electron chi connectivity index (χ3n) is 1.88. The summed E-state index contributed by atoms with van der Waals surface area (Å²) >= 11 is 0. The van der Waals surface area contributed by atoms with Gasteiger partial charge in [0.05, 0.1) is 0 Å². The van der Waals surface area contributed by atoms with Crippen LogP contribution in [0.2, 0.25) is 0 Å². The van der Waals surface area contributed by atoms with Crippen molar-refractivity contribution in [3.05, 3.63) is 46.0 Å². The van der Waals surface area contributed by atoms with Crippen LogP contribution in [-0.2, 0) is 16.1 Å². The van der Waals surface area contributed by atoms with E-state index in [4.69, 9.17) is 4.74 Å². The first kappa shape index (κ1) is 11.2. The number of esters is 1. The van der Waals surface area contributed by atoms with Gasteiger partial charge < -0.3 is 4.74 Å². The summed E-state index contributed by atoms with van der Waals surface area (Å²) in [5, 5.41) is 10.3.